The predicted molar refractivity (Wildman–Crippen MR) is 74.0 cm³/mol. The van der Waals surface area contributed by atoms with Crippen LogP contribution < -0.4 is 5.73 Å². The van der Waals surface area contributed by atoms with Crippen LogP contribution in [0, 0.1) is 11.8 Å². The first-order valence-electron chi connectivity index (χ1n) is 7.68. The van der Waals surface area contributed by atoms with E-state index < -0.39 is 0 Å². The van der Waals surface area contributed by atoms with Gasteiger partial charge in [0.25, 0.3) is 0 Å². The molecule has 0 aromatic rings. The van der Waals surface area contributed by atoms with Crippen LogP contribution in [0.4, 0.5) is 0 Å². The van der Waals surface area contributed by atoms with Crippen LogP contribution in [0.15, 0.2) is 0 Å². The molecule has 17 heavy (non-hydrogen) atoms. The molecular weight excluding hydrogens is 208 g/mol. The summed E-state index contributed by atoms with van der Waals surface area (Å²) < 4.78 is 0. The first kappa shape index (κ1) is 13.4. The van der Waals surface area contributed by atoms with Crippen molar-refractivity contribution in [2.45, 2.75) is 70.9 Å². The molecule has 0 radical (unpaired) electrons. The van der Waals surface area contributed by atoms with E-state index >= 15 is 0 Å². The van der Waals surface area contributed by atoms with Gasteiger partial charge in [-0.25, -0.2) is 0 Å². The van der Waals surface area contributed by atoms with E-state index in [-0.39, 0.29) is 0 Å². The zero-order chi connectivity index (χ0) is 12.3. The van der Waals surface area contributed by atoms with E-state index in [0.717, 1.165) is 30.5 Å². The quantitative estimate of drug-likeness (QED) is 0.819. The Kier molecular flexibility index (Phi) is 4.87. The van der Waals surface area contributed by atoms with E-state index in [1.807, 2.05) is 0 Å². The summed E-state index contributed by atoms with van der Waals surface area (Å²) in [6, 6.07) is 1.63. The lowest BCUT2D eigenvalue weighted by Gasteiger charge is -2.47. The molecule has 2 heteroatoms. The number of nitrogens with two attached hydrogens (primary N) is 1. The summed E-state index contributed by atoms with van der Waals surface area (Å²) in [6.45, 7) is 7.08. The maximum atomic E-state index is 5.79. The zero-order valence-electron chi connectivity index (χ0n) is 11.7. The van der Waals surface area contributed by atoms with Crippen LogP contribution in [0.2, 0.25) is 0 Å². The molecule has 0 amide bonds. The molecule has 2 nitrogen and oxygen atoms in total. The number of likely N-dealkylation sites (tertiary alicyclic amines) is 1. The van der Waals surface area contributed by atoms with Crippen molar-refractivity contribution < 1.29 is 0 Å². The maximum absolute atomic E-state index is 5.79. The van der Waals surface area contributed by atoms with Crippen LogP contribution in [0.3, 0.4) is 0 Å². The van der Waals surface area contributed by atoms with Crippen LogP contribution in [0.5, 0.6) is 0 Å². The van der Waals surface area contributed by atoms with E-state index in [1.165, 1.54) is 51.5 Å². The number of hydrogen-bond acceptors (Lipinski definition) is 2. The largest absolute Gasteiger partial charge is 0.330 e. The van der Waals surface area contributed by atoms with Gasteiger partial charge in [-0.1, -0.05) is 26.7 Å². The fourth-order valence-corrected chi connectivity index (χ4v) is 3.93. The van der Waals surface area contributed by atoms with Gasteiger partial charge in [-0.05, 0) is 57.0 Å². The minimum Gasteiger partial charge on any atom is -0.330 e. The van der Waals surface area contributed by atoms with Gasteiger partial charge >= 0.3 is 0 Å². The number of rotatable bonds is 3. The lowest BCUT2D eigenvalue weighted by Crippen LogP contribution is -2.51. The van der Waals surface area contributed by atoms with Gasteiger partial charge in [-0.15, -0.1) is 0 Å². The van der Waals surface area contributed by atoms with Gasteiger partial charge in [-0.3, -0.25) is 4.90 Å². The van der Waals surface area contributed by atoms with E-state index in [2.05, 4.69) is 18.7 Å². The normalized spacial score (nSPS) is 40.4. The molecule has 0 aromatic heterocycles. The molecule has 1 aliphatic heterocycles. The van der Waals surface area contributed by atoms with Crippen LogP contribution in [-0.2, 0) is 0 Å². The highest BCUT2D eigenvalue weighted by Gasteiger charge is 2.34. The van der Waals surface area contributed by atoms with Crippen molar-refractivity contribution in [3.8, 4) is 0 Å². The summed E-state index contributed by atoms with van der Waals surface area (Å²) >= 11 is 0. The summed E-state index contributed by atoms with van der Waals surface area (Å²) in [6.07, 6.45) is 9.69. The van der Waals surface area contributed by atoms with Crippen molar-refractivity contribution in [1.29, 1.82) is 0 Å². The first-order valence-corrected chi connectivity index (χ1v) is 7.68. The third-order valence-electron chi connectivity index (χ3n) is 5.01. The molecule has 4 atom stereocenters. The lowest BCUT2D eigenvalue weighted by molar-refractivity contribution is 0.0286. The second-order valence-electron chi connectivity index (χ2n) is 6.43. The minimum absolute atomic E-state index is 0.784. The molecule has 2 fully saturated rings. The van der Waals surface area contributed by atoms with Crippen LogP contribution in [0.25, 0.3) is 0 Å². The number of hydrogen-bond donors (Lipinski definition) is 1. The fraction of sp³-hybridized carbons (Fsp3) is 1.00. The van der Waals surface area contributed by atoms with Gasteiger partial charge in [0.15, 0.2) is 0 Å². The van der Waals surface area contributed by atoms with Crippen LogP contribution in [0.1, 0.15) is 58.8 Å². The molecule has 0 bridgehead atoms. The summed E-state index contributed by atoms with van der Waals surface area (Å²) in [5.74, 6) is 1.82. The van der Waals surface area contributed by atoms with Crippen molar-refractivity contribution in [2.75, 3.05) is 13.1 Å². The third-order valence-corrected chi connectivity index (χ3v) is 5.01. The average molecular weight is 238 g/mol. The Morgan fingerprint density at radius 1 is 1.12 bits per heavy atom. The highest BCUT2D eigenvalue weighted by molar-refractivity contribution is 4.89. The van der Waals surface area contributed by atoms with Crippen molar-refractivity contribution in [3.05, 3.63) is 0 Å². The van der Waals surface area contributed by atoms with Crippen LogP contribution >= 0.6 is 0 Å². The molecule has 1 heterocycles. The van der Waals surface area contributed by atoms with Gasteiger partial charge in [0.1, 0.15) is 0 Å². The summed E-state index contributed by atoms with van der Waals surface area (Å²) in [5.41, 5.74) is 5.79. The van der Waals surface area contributed by atoms with Gasteiger partial charge in [0, 0.05) is 12.1 Å². The van der Waals surface area contributed by atoms with Gasteiger partial charge in [0.2, 0.25) is 0 Å². The lowest BCUT2D eigenvalue weighted by atomic mass is 9.78. The molecule has 0 spiro atoms. The highest BCUT2D eigenvalue weighted by Crippen LogP contribution is 2.35. The molecule has 1 saturated heterocycles. The van der Waals surface area contributed by atoms with Crippen molar-refractivity contribution in [3.63, 3.8) is 0 Å². The SMILES string of the molecule is CC1CCC(C)C(N2CCCCC2CCN)C1. The predicted octanol–water partition coefficient (Wildman–Crippen LogP) is 3.01. The maximum Gasteiger partial charge on any atom is 0.0126 e. The molecule has 0 aromatic carbocycles. The topological polar surface area (TPSA) is 29.3 Å². The van der Waals surface area contributed by atoms with Gasteiger partial charge in [0.05, 0.1) is 0 Å². The van der Waals surface area contributed by atoms with Crippen molar-refractivity contribution in [1.82, 2.24) is 4.90 Å². The van der Waals surface area contributed by atoms with Crippen LogP contribution in [-0.4, -0.2) is 30.1 Å². The zero-order valence-corrected chi connectivity index (χ0v) is 11.7. The van der Waals surface area contributed by atoms with Gasteiger partial charge < -0.3 is 5.73 Å². The van der Waals surface area contributed by atoms with Crippen molar-refractivity contribution in [2.24, 2.45) is 17.6 Å². The average Bonchev–Trinajstić information content (AvgIpc) is 2.34. The minimum atomic E-state index is 0.784. The summed E-state index contributed by atoms with van der Waals surface area (Å²) in [5, 5.41) is 0. The van der Waals surface area contributed by atoms with Crippen molar-refractivity contribution >= 4 is 0 Å². The van der Waals surface area contributed by atoms with E-state index in [0.29, 0.717) is 0 Å². The second-order valence-corrected chi connectivity index (χ2v) is 6.43. The Morgan fingerprint density at radius 2 is 1.94 bits per heavy atom. The molecule has 4 unspecified atom stereocenters. The molecular formula is C15H30N2. The Balaban J connectivity index is 2.01. The van der Waals surface area contributed by atoms with E-state index in [9.17, 15) is 0 Å². The van der Waals surface area contributed by atoms with E-state index in [1.54, 1.807) is 0 Å². The second kappa shape index (κ2) is 6.19. The summed E-state index contributed by atoms with van der Waals surface area (Å²) in [7, 11) is 0. The standard InChI is InChI=1S/C15H30N2/c1-12-6-7-13(2)15(11-12)17-10-4-3-5-14(17)8-9-16/h12-15H,3-11,16H2,1-2H3. The molecule has 2 rings (SSSR count). The molecule has 1 saturated carbocycles. The monoisotopic (exact) mass is 238 g/mol. The smallest absolute Gasteiger partial charge is 0.0126 e. The Bertz CT molecular complexity index is 227. The molecule has 1 aliphatic carbocycles. The third kappa shape index (κ3) is 3.23. The van der Waals surface area contributed by atoms with Gasteiger partial charge in [-0.2, -0.15) is 0 Å². The Hall–Kier alpha value is -0.0800. The summed E-state index contributed by atoms with van der Waals surface area (Å²) in [4.78, 5) is 2.83. The molecule has 2 N–H and O–H groups in total. The van der Waals surface area contributed by atoms with E-state index in [4.69, 9.17) is 5.73 Å². The molecule has 2 aliphatic rings. The number of nitrogens with zero attached hydrogens (tertiary/aromatic N) is 1. The molecule has 100 valence electrons. The Labute approximate surface area is 107 Å². The Morgan fingerprint density at radius 3 is 2.71 bits per heavy atom. The number of piperidine rings is 1. The highest BCUT2D eigenvalue weighted by atomic mass is 15.2. The fourth-order valence-electron chi connectivity index (χ4n) is 3.93. The first-order chi connectivity index (χ1) is 8.22.